The van der Waals surface area contributed by atoms with Crippen molar-refractivity contribution in [1.29, 1.82) is 0 Å². The van der Waals surface area contributed by atoms with Gasteiger partial charge in [-0.3, -0.25) is 14.5 Å². The van der Waals surface area contributed by atoms with E-state index in [9.17, 15) is 14.7 Å². The van der Waals surface area contributed by atoms with Gasteiger partial charge in [-0.05, 0) is 56.2 Å². The average Bonchev–Trinajstić information content (AvgIpc) is 2.91. The number of halogens is 3. The van der Waals surface area contributed by atoms with Crippen LogP contribution in [0.5, 0.6) is 0 Å². The van der Waals surface area contributed by atoms with E-state index in [1.807, 2.05) is 12.1 Å². The van der Waals surface area contributed by atoms with Gasteiger partial charge in [0.1, 0.15) is 0 Å². The maximum atomic E-state index is 13.2. The zero-order valence-electron chi connectivity index (χ0n) is 22.3. The standard InChI is InChI=1S/C28H33Cl3N4O4.H2S/c1-28(38,23-14-18(29)2-5-24(23)30)27(37)34-8-6-21(7-9-34)35-16-20(17-35)32-19-3-4-22(25(31)15-19)26(36)33-10-12-39-13-11-33;/h2-5,14-15,20-21,32,38H,6-13,16-17H2,1H3;1H2/t28-;/m0./s1. The summed E-state index contributed by atoms with van der Waals surface area (Å²) in [7, 11) is 0. The van der Waals surface area contributed by atoms with E-state index in [1.54, 1.807) is 34.1 Å². The minimum atomic E-state index is -1.75. The predicted octanol–water partition coefficient (Wildman–Crippen LogP) is 4.23. The van der Waals surface area contributed by atoms with Crippen molar-refractivity contribution >= 4 is 65.8 Å². The molecule has 3 heterocycles. The van der Waals surface area contributed by atoms with Crippen LogP contribution in [-0.4, -0.2) is 96.2 Å². The van der Waals surface area contributed by atoms with Gasteiger partial charge in [0, 0.05) is 66.6 Å². The number of likely N-dealkylation sites (tertiary alicyclic amines) is 2. The Morgan fingerprint density at radius 3 is 2.27 bits per heavy atom. The molecule has 0 spiro atoms. The molecule has 0 aliphatic carbocycles. The fourth-order valence-corrected chi connectivity index (χ4v) is 6.32. The highest BCUT2D eigenvalue weighted by Gasteiger charge is 2.41. The van der Waals surface area contributed by atoms with Crippen LogP contribution in [0.3, 0.4) is 0 Å². The van der Waals surface area contributed by atoms with Crippen LogP contribution in [0.2, 0.25) is 15.1 Å². The van der Waals surface area contributed by atoms with Gasteiger partial charge in [0.25, 0.3) is 11.8 Å². The number of aliphatic hydroxyl groups is 1. The highest BCUT2D eigenvalue weighted by Crippen LogP contribution is 2.34. The number of hydrogen-bond donors (Lipinski definition) is 2. The first-order valence-electron chi connectivity index (χ1n) is 13.3. The summed E-state index contributed by atoms with van der Waals surface area (Å²) >= 11 is 18.8. The molecule has 3 aliphatic rings. The molecule has 3 aliphatic heterocycles. The number of nitrogens with zero attached hydrogens (tertiary/aromatic N) is 3. The van der Waals surface area contributed by atoms with E-state index in [1.165, 1.54) is 6.92 Å². The summed E-state index contributed by atoms with van der Waals surface area (Å²) in [4.78, 5) is 31.9. The highest BCUT2D eigenvalue weighted by molar-refractivity contribution is 7.59. The Bertz CT molecular complexity index is 1230. The zero-order valence-corrected chi connectivity index (χ0v) is 25.6. The summed E-state index contributed by atoms with van der Waals surface area (Å²) in [5.41, 5.74) is -0.0219. The molecule has 1 atom stereocenters. The molecular formula is C28H35Cl3N4O4S. The number of piperidine rings is 1. The summed E-state index contributed by atoms with van der Waals surface area (Å²) in [5.74, 6) is -0.424. The SMILES string of the molecule is C[C@@](O)(C(=O)N1CCC(N2CC(Nc3ccc(C(=O)N4CCOCC4)c(Cl)c3)C2)CC1)c1cc(Cl)ccc1Cl.S. The van der Waals surface area contributed by atoms with E-state index in [0.717, 1.165) is 31.6 Å². The maximum absolute atomic E-state index is 13.2. The van der Waals surface area contributed by atoms with Crippen molar-refractivity contribution in [3.63, 3.8) is 0 Å². The van der Waals surface area contributed by atoms with Crippen LogP contribution in [0.1, 0.15) is 35.7 Å². The highest BCUT2D eigenvalue weighted by atomic mass is 35.5. The number of anilines is 1. The van der Waals surface area contributed by atoms with Crippen molar-refractivity contribution in [3.05, 3.63) is 62.6 Å². The number of morpholine rings is 1. The summed E-state index contributed by atoms with van der Waals surface area (Å²) in [6.07, 6.45) is 1.67. The Hall–Kier alpha value is -1.72. The van der Waals surface area contributed by atoms with Crippen LogP contribution in [0, 0.1) is 0 Å². The molecule has 3 fully saturated rings. The first kappa shape index (κ1) is 31.2. The fourth-order valence-electron chi connectivity index (χ4n) is 5.58. The monoisotopic (exact) mass is 628 g/mol. The van der Waals surface area contributed by atoms with Crippen molar-refractivity contribution in [2.45, 2.75) is 37.5 Å². The van der Waals surface area contributed by atoms with E-state index in [4.69, 9.17) is 39.5 Å². The molecule has 12 heteroatoms. The number of nitrogens with one attached hydrogen (secondary N) is 1. The molecular weight excluding hydrogens is 595 g/mol. The van der Waals surface area contributed by atoms with Gasteiger partial charge in [0.05, 0.1) is 29.8 Å². The van der Waals surface area contributed by atoms with E-state index < -0.39 is 5.60 Å². The molecule has 0 unspecified atom stereocenters. The topological polar surface area (TPSA) is 85.3 Å². The molecule has 0 bridgehead atoms. The summed E-state index contributed by atoms with van der Waals surface area (Å²) in [6.45, 7) is 6.65. The van der Waals surface area contributed by atoms with E-state index in [0.29, 0.717) is 71.6 Å². The van der Waals surface area contributed by atoms with Crippen LogP contribution in [0.15, 0.2) is 36.4 Å². The molecule has 0 saturated carbocycles. The summed E-state index contributed by atoms with van der Waals surface area (Å²) < 4.78 is 5.33. The van der Waals surface area contributed by atoms with Crippen LogP contribution >= 0.6 is 48.3 Å². The third-order valence-corrected chi connectivity index (χ3v) is 8.79. The van der Waals surface area contributed by atoms with Crippen LogP contribution < -0.4 is 5.32 Å². The Morgan fingerprint density at radius 2 is 1.62 bits per heavy atom. The second-order valence-corrected chi connectivity index (χ2v) is 11.9. The van der Waals surface area contributed by atoms with E-state index in [-0.39, 0.29) is 31.4 Å². The minimum Gasteiger partial charge on any atom is -0.380 e. The lowest BCUT2D eigenvalue weighted by atomic mass is 9.92. The van der Waals surface area contributed by atoms with Gasteiger partial charge in [-0.1, -0.05) is 34.8 Å². The second-order valence-electron chi connectivity index (χ2n) is 10.6. The Labute approximate surface area is 256 Å². The number of carbonyl (C=O) groups excluding carboxylic acids is 2. The molecule has 3 saturated heterocycles. The number of carbonyl (C=O) groups is 2. The lowest BCUT2D eigenvalue weighted by Crippen LogP contribution is -2.61. The molecule has 2 amide bonds. The number of amides is 2. The molecule has 5 rings (SSSR count). The molecule has 8 nitrogen and oxygen atoms in total. The summed E-state index contributed by atoms with van der Waals surface area (Å²) in [5, 5.41) is 15.8. The van der Waals surface area contributed by atoms with Crippen molar-refractivity contribution < 1.29 is 19.4 Å². The van der Waals surface area contributed by atoms with Crippen LogP contribution in [0.4, 0.5) is 5.69 Å². The molecule has 40 heavy (non-hydrogen) atoms. The third-order valence-electron chi connectivity index (χ3n) is 7.92. The minimum absolute atomic E-state index is 0. The average molecular weight is 630 g/mol. The van der Waals surface area contributed by atoms with Crippen molar-refractivity contribution in [2.75, 3.05) is 57.8 Å². The van der Waals surface area contributed by atoms with Gasteiger partial charge in [-0.2, -0.15) is 13.5 Å². The van der Waals surface area contributed by atoms with Gasteiger partial charge >= 0.3 is 0 Å². The number of rotatable bonds is 6. The largest absolute Gasteiger partial charge is 0.380 e. The molecule has 2 aromatic carbocycles. The van der Waals surface area contributed by atoms with Crippen LogP contribution in [-0.2, 0) is 15.1 Å². The Morgan fingerprint density at radius 1 is 0.950 bits per heavy atom. The number of benzene rings is 2. The van der Waals surface area contributed by atoms with E-state index in [2.05, 4.69) is 10.2 Å². The maximum Gasteiger partial charge on any atom is 0.258 e. The quantitative estimate of drug-likeness (QED) is 0.498. The number of hydrogen-bond acceptors (Lipinski definition) is 6. The molecule has 0 radical (unpaired) electrons. The first-order valence-corrected chi connectivity index (χ1v) is 14.4. The van der Waals surface area contributed by atoms with E-state index >= 15 is 0 Å². The van der Waals surface area contributed by atoms with Gasteiger partial charge in [0.15, 0.2) is 5.60 Å². The molecule has 0 aromatic heterocycles. The first-order chi connectivity index (χ1) is 18.6. The Kier molecular flexibility index (Phi) is 10.2. The Balaban J connectivity index is 0.00000370. The predicted molar refractivity (Wildman–Crippen MR) is 163 cm³/mol. The number of ether oxygens (including phenoxy) is 1. The summed E-state index contributed by atoms with van der Waals surface area (Å²) in [6, 6.07) is 10.9. The van der Waals surface area contributed by atoms with Crippen molar-refractivity contribution in [1.82, 2.24) is 14.7 Å². The fraction of sp³-hybridized carbons (Fsp3) is 0.500. The molecule has 218 valence electrons. The lowest BCUT2D eigenvalue weighted by Gasteiger charge is -2.48. The molecule has 2 aromatic rings. The third kappa shape index (κ3) is 6.67. The second kappa shape index (κ2) is 13.1. The van der Waals surface area contributed by atoms with Crippen molar-refractivity contribution in [2.24, 2.45) is 0 Å². The van der Waals surface area contributed by atoms with Gasteiger partial charge in [-0.25, -0.2) is 0 Å². The normalized spacial score (nSPS) is 20.3. The van der Waals surface area contributed by atoms with Crippen LogP contribution in [0.25, 0.3) is 0 Å². The van der Waals surface area contributed by atoms with Gasteiger partial charge < -0.3 is 25.0 Å². The smallest absolute Gasteiger partial charge is 0.258 e. The molecule has 2 N–H and O–H groups in total. The van der Waals surface area contributed by atoms with Gasteiger partial charge in [-0.15, -0.1) is 0 Å². The lowest BCUT2D eigenvalue weighted by molar-refractivity contribution is -0.152. The van der Waals surface area contributed by atoms with Crippen molar-refractivity contribution in [3.8, 4) is 0 Å². The van der Waals surface area contributed by atoms with Gasteiger partial charge in [0.2, 0.25) is 0 Å². The zero-order chi connectivity index (χ0) is 27.7.